The summed E-state index contributed by atoms with van der Waals surface area (Å²) >= 11 is 0. The largest absolute Gasteiger partial charge is 0.377 e. The zero-order chi connectivity index (χ0) is 15.5. The smallest absolute Gasteiger partial charge is 0.0702 e. The molecule has 1 saturated heterocycles. The lowest BCUT2D eigenvalue weighted by Crippen LogP contribution is -2.47. The number of ether oxygens (including phenoxy) is 1. The van der Waals surface area contributed by atoms with Crippen molar-refractivity contribution in [2.45, 2.75) is 71.4 Å². The van der Waals surface area contributed by atoms with Gasteiger partial charge in [-0.15, -0.1) is 0 Å². The fraction of sp³-hybridized carbons (Fsp3) is 1.00. The van der Waals surface area contributed by atoms with Crippen LogP contribution in [0.4, 0.5) is 0 Å². The highest BCUT2D eigenvalue weighted by molar-refractivity contribution is 4.87. The Hall–Kier alpha value is -0.120. The van der Waals surface area contributed by atoms with E-state index < -0.39 is 0 Å². The summed E-state index contributed by atoms with van der Waals surface area (Å²) in [4.78, 5) is 2.48. The molecule has 2 N–H and O–H groups in total. The second-order valence-electron chi connectivity index (χ2n) is 8.36. The molecule has 0 bridgehead atoms. The van der Waals surface area contributed by atoms with Crippen LogP contribution in [-0.2, 0) is 4.74 Å². The number of nitrogens with zero attached hydrogens (tertiary/aromatic N) is 1. The van der Waals surface area contributed by atoms with E-state index in [0.717, 1.165) is 31.5 Å². The van der Waals surface area contributed by atoms with E-state index in [1.54, 1.807) is 0 Å². The van der Waals surface area contributed by atoms with Crippen molar-refractivity contribution in [1.82, 2.24) is 4.90 Å². The van der Waals surface area contributed by atoms with Crippen LogP contribution >= 0.6 is 0 Å². The molecule has 1 heterocycles. The summed E-state index contributed by atoms with van der Waals surface area (Å²) in [7, 11) is 2.25. The molecule has 0 spiro atoms. The van der Waals surface area contributed by atoms with E-state index in [0.29, 0.717) is 17.6 Å². The molecular weight excluding hydrogens is 260 g/mol. The van der Waals surface area contributed by atoms with Gasteiger partial charge in [-0.25, -0.2) is 0 Å². The van der Waals surface area contributed by atoms with E-state index in [9.17, 15) is 0 Å². The summed E-state index contributed by atoms with van der Waals surface area (Å²) in [5.74, 6) is 1.66. The first kappa shape index (κ1) is 17.2. The number of nitrogens with two attached hydrogens (primary N) is 1. The molecule has 21 heavy (non-hydrogen) atoms. The van der Waals surface area contributed by atoms with E-state index in [2.05, 4.69) is 32.7 Å². The molecule has 3 nitrogen and oxygen atoms in total. The molecule has 2 rings (SSSR count). The number of rotatable bonds is 5. The lowest BCUT2D eigenvalue weighted by atomic mass is 9.68. The Morgan fingerprint density at radius 2 is 1.81 bits per heavy atom. The minimum atomic E-state index is 0.440. The third-order valence-corrected chi connectivity index (χ3v) is 5.86. The minimum Gasteiger partial charge on any atom is -0.377 e. The Morgan fingerprint density at radius 3 is 2.29 bits per heavy atom. The van der Waals surface area contributed by atoms with Crippen LogP contribution in [0.1, 0.15) is 59.3 Å². The first-order chi connectivity index (χ1) is 9.91. The van der Waals surface area contributed by atoms with Gasteiger partial charge in [0, 0.05) is 25.7 Å². The molecule has 2 unspecified atom stereocenters. The predicted molar refractivity (Wildman–Crippen MR) is 89.3 cm³/mol. The molecule has 0 aromatic carbocycles. The van der Waals surface area contributed by atoms with Gasteiger partial charge in [-0.2, -0.15) is 0 Å². The van der Waals surface area contributed by atoms with Crippen LogP contribution < -0.4 is 5.73 Å². The van der Waals surface area contributed by atoms with Gasteiger partial charge in [0.25, 0.3) is 0 Å². The van der Waals surface area contributed by atoms with Gasteiger partial charge in [0.05, 0.1) is 6.10 Å². The number of likely N-dealkylation sites (N-methyl/N-ethyl adjacent to an activating group) is 1. The lowest BCUT2D eigenvalue weighted by molar-refractivity contribution is 0.0436. The maximum atomic E-state index is 6.12. The summed E-state index contributed by atoms with van der Waals surface area (Å²) in [6.45, 7) is 9.96. The molecular formula is C18H36N2O. The highest BCUT2D eigenvalue weighted by Gasteiger charge is 2.34. The van der Waals surface area contributed by atoms with Crippen LogP contribution in [0.25, 0.3) is 0 Å². The second-order valence-corrected chi connectivity index (χ2v) is 8.36. The third kappa shape index (κ3) is 4.67. The summed E-state index contributed by atoms with van der Waals surface area (Å²) in [5, 5.41) is 0. The van der Waals surface area contributed by atoms with Crippen molar-refractivity contribution >= 4 is 0 Å². The maximum Gasteiger partial charge on any atom is 0.0702 e. The SMILES string of the molecule is CN(CC1CCCO1)C(CN)C1CCC(C(C)(C)C)CC1. The number of hydrogen-bond acceptors (Lipinski definition) is 3. The topological polar surface area (TPSA) is 38.5 Å². The van der Waals surface area contributed by atoms with Gasteiger partial charge in [0.15, 0.2) is 0 Å². The van der Waals surface area contributed by atoms with Gasteiger partial charge in [-0.1, -0.05) is 20.8 Å². The summed E-state index contributed by atoms with van der Waals surface area (Å²) in [6.07, 6.45) is 8.33. The summed E-state index contributed by atoms with van der Waals surface area (Å²) in [6, 6.07) is 0.537. The van der Waals surface area contributed by atoms with Crippen molar-refractivity contribution in [2.24, 2.45) is 23.0 Å². The summed E-state index contributed by atoms with van der Waals surface area (Å²) < 4.78 is 5.78. The Morgan fingerprint density at radius 1 is 1.14 bits per heavy atom. The highest BCUT2D eigenvalue weighted by atomic mass is 16.5. The van der Waals surface area contributed by atoms with Gasteiger partial charge in [0.1, 0.15) is 0 Å². The van der Waals surface area contributed by atoms with Gasteiger partial charge >= 0.3 is 0 Å². The molecule has 124 valence electrons. The van der Waals surface area contributed by atoms with Crippen LogP contribution in [0.3, 0.4) is 0 Å². The normalized spacial score (nSPS) is 32.6. The first-order valence-electron chi connectivity index (χ1n) is 8.93. The van der Waals surface area contributed by atoms with Gasteiger partial charge in [-0.3, -0.25) is 4.90 Å². The minimum absolute atomic E-state index is 0.440. The Kier molecular flexibility index (Phi) is 6.10. The van der Waals surface area contributed by atoms with Crippen molar-refractivity contribution in [3.63, 3.8) is 0 Å². The quantitative estimate of drug-likeness (QED) is 0.846. The van der Waals surface area contributed by atoms with Crippen molar-refractivity contribution < 1.29 is 4.74 Å². The van der Waals surface area contributed by atoms with Crippen LogP contribution in [0.15, 0.2) is 0 Å². The third-order valence-electron chi connectivity index (χ3n) is 5.86. The standard InChI is InChI=1S/C18H36N2O/c1-18(2,3)15-9-7-14(8-10-15)17(12-19)20(4)13-16-6-5-11-21-16/h14-17H,5-13,19H2,1-4H3. The van der Waals surface area contributed by atoms with E-state index in [1.165, 1.54) is 38.5 Å². The van der Waals surface area contributed by atoms with Gasteiger partial charge in [-0.05, 0) is 62.8 Å². The van der Waals surface area contributed by atoms with Crippen LogP contribution in [0, 0.1) is 17.3 Å². The zero-order valence-corrected chi connectivity index (χ0v) is 14.6. The van der Waals surface area contributed by atoms with E-state index in [-0.39, 0.29) is 0 Å². The molecule has 0 aromatic rings. The first-order valence-corrected chi connectivity index (χ1v) is 8.93. The van der Waals surface area contributed by atoms with E-state index >= 15 is 0 Å². The fourth-order valence-corrected chi connectivity index (χ4v) is 4.35. The van der Waals surface area contributed by atoms with Crippen LogP contribution in [-0.4, -0.2) is 43.8 Å². The Bertz CT molecular complexity index is 299. The molecule has 2 atom stereocenters. The fourth-order valence-electron chi connectivity index (χ4n) is 4.35. The lowest BCUT2D eigenvalue weighted by Gasteiger charge is -2.42. The molecule has 0 aromatic heterocycles. The van der Waals surface area contributed by atoms with E-state index in [4.69, 9.17) is 10.5 Å². The second kappa shape index (κ2) is 7.43. The molecule has 0 amide bonds. The zero-order valence-electron chi connectivity index (χ0n) is 14.6. The van der Waals surface area contributed by atoms with Crippen LogP contribution in [0.5, 0.6) is 0 Å². The van der Waals surface area contributed by atoms with Crippen molar-refractivity contribution in [1.29, 1.82) is 0 Å². The highest BCUT2D eigenvalue weighted by Crippen LogP contribution is 2.41. The molecule has 3 heteroatoms. The predicted octanol–water partition coefficient (Wildman–Crippen LogP) is 3.28. The molecule has 2 fully saturated rings. The molecule has 1 aliphatic carbocycles. The molecule has 1 aliphatic heterocycles. The van der Waals surface area contributed by atoms with Gasteiger partial charge in [0.2, 0.25) is 0 Å². The number of hydrogen-bond donors (Lipinski definition) is 1. The average Bonchev–Trinajstić information content (AvgIpc) is 2.92. The Balaban J connectivity index is 1.83. The van der Waals surface area contributed by atoms with Gasteiger partial charge < -0.3 is 10.5 Å². The maximum absolute atomic E-state index is 6.12. The molecule has 0 radical (unpaired) electrons. The molecule has 2 aliphatic rings. The van der Waals surface area contributed by atoms with Crippen molar-refractivity contribution in [3.8, 4) is 0 Å². The van der Waals surface area contributed by atoms with Crippen molar-refractivity contribution in [3.05, 3.63) is 0 Å². The summed E-state index contributed by atoms with van der Waals surface area (Å²) in [5.41, 5.74) is 6.58. The van der Waals surface area contributed by atoms with E-state index in [1.807, 2.05) is 0 Å². The average molecular weight is 296 g/mol. The van der Waals surface area contributed by atoms with Crippen LogP contribution in [0.2, 0.25) is 0 Å². The molecule has 1 saturated carbocycles. The monoisotopic (exact) mass is 296 g/mol. The van der Waals surface area contributed by atoms with Crippen molar-refractivity contribution in [2.75, 3.05) is 26.7 Å². The Labute approximate surface area is 131 Å².